The van der Waals surface area contributed by atoms with Gasteiger partial charge in [-0.05, 0) is 37.0 Å². The van der Waals surface area contributed by atoms with Crippen LogP contribution in [0.1, 0.15) is 23.9 Å². The average molecular weight is 174 g/mol. The Morgan fingerprint density at radius 2 is 2.31 bits per heavy atom. The molecule has 1 aliphatic carbocycles. The molecule has 0 bridgehead atoms. The van der Waals surface area contributed by atoms with E-state index in [1.165, 1.54) is 0 Å². The van der Waals surface area contributed by atoms with Gasteiger partial charge in [-0.2, -0.15) is 0 Å². The Hall–Kier alpha value is -1.44. The SMILES string of the molecule is Cc1ccc(C(=O)C2=C[CH]C2)nc1.[HH]. The van der Waals surface area contributed by atoms with E-state index in [0.29, 0.717) is 5.69 Å². The zero-order valence-electron chi connectivity index (χ0n) is 7.45. The lowest BCUT2D eigenvalue weighted by Crippen LogP contribution is -2.10. The van der Waals surface area contributed by atoms with Gasteiger partial charge in [0, 0.05) is 7.62 Å². The van der Waals surface area contributed by atoms with E-state index >= 15 is 0 Å². The number of aromatic nitrogens is 1. The lowest BCUT2D eigenvalue weighted by atomic mass is 9.93. The topological polar surface area (TPSA) is 30.0 Å². The highest BCUT2D eigenvalue weighted by Gasteiger charge is 2.17. The summed E-state index contributed by atoms with van der Waals surface area (Å²) in [7, 11) is 0. The third-order valence-corrected chi connectivity index (χ3v) is 2.09. The number of nitrogens with zero attached hydrogens (tertiary/aromatic N) is 1. The second kappa shape index (κ2) is 3.13. The Morgan fingerprint density at radius 3 is 2.77 bits per heavy atom. The van der Waals surface area contributed by atoms with Crippen molar-refractivity contribution >= 4 is 5.78 Å². The fourth-order valence-corrected chi connectivity index (χ4v) is 1.17. The molecule has 1 aromatic heterocycles. The van der Waals surface area contributed by atoms with Crippen molar-refractivity contribution in [2.24, 2.45) is 0 Å². The molecule has 1 aliphatic rings. The van der Waals surface area contributed by atoms with E-state index in [4.69, 9.17) is 0 Å². The van der Waals surface area contributed by atoms with Gasteiger partial charge in [0.2, 0.25) is 5.78 Å². The molecule has 0 saturated heterocycles. The number of allylic oxidation sites excluding steroid dienone is 2. The molecular formula is C11H12NO. The highest BCUT2D eigenvalue weighted by atomic mass is 16.1. The van der Waals surface area contributed by atoms with Crippen LogP contribution in [0, 0.1) is 13.3 Å². The predicted octanol–water partition coefficient (Wildman–Crippen LogP) is 2.35. The number of carbonyl (C=O) groups excluding carboxylic acids is 1. The summed E-state index contributed by atoms with van der Waals surface area (Å²) in [4.78, 5) is 15.7. The average Bonchev–Trinajstić information content (AvgIpc) is 2.02. The molecule has 0 amide bonds. The van der Waals surface area contributed by atoms with E-state index < -0.39 is 0 Å². The van der Waals surface area contributed by atoms with Gasteiger partial charge in [0.1, 0.15) is 5.69 Å². The Balaban J connectivity index is 0.000000980. The van der Waals surface area contributed by atoms with Crippen LogP contribution in [-0.2, 0) is 0 Å². The van der Waals surface area contributed by atoms with Gasteiger partial charge >= 0.3 is 0 Å². The molecule has 0 saturated carbocycles. The molecule has 0 unspecified atom stereocenters. The first-order valence-corrected chi connectivity index (χ1v) is 4.27. The fourth-order valence-electron chi connectivity index (χ4n) is 1.17. The van der Waals surface area contributed by atoms with E-state index in [-0.39, 0.29) is 7.21 Å². The van der Waals surface area contributed by atoms with Crippen LogP contribution < -0.4 is 0 Å². The first-order valence-electron chi connectivity index (χ1n) is 4.27. The molecule has 67 valence electrons. The minimum atomic E-state index is 0. The highest BCUT2D eigenvalue weighted by molar-refractivity contribution is 6.08. The number of rotatable bonds is 2. The van der Waals surface area contributed by atoms with Gasteiger partial charge in [0.05, 0.1) is 0 Å². The number of pyridine rings is 1. The molecule has 0 aliphatic heterocycles. The largest absolute Gasteiger partial charge is 0.287 e. The molecule has 0 spiro atoms. The summed E-state index contributed by atoms with van der Waals surface area (Å²) >= 11 is 0. The van der Waals surface area contributed by atoms with Crippen LogP contribution in [0.5, 0.6) is 0 Å². The Bertz CT molecular complexity index is 367. The van der Waals surface area contributed by atoms with Gasteiger partial charge < -0.3 is 0 Å². The molecule has 0 N–H and O–H groups in total. The predicted molar refractivity (Wildman–Crippen MR) is 52.4 cm³/mol. The Morgan fingerprint density at radius 1 is 1.54 bits per heavy atom. The van der Waals surface area contributed by atoms with Gasteiger partial charge in [0.25, 0.3) is 0 Å². The molecule has 0 fully saturated rings. The van der Waals surface area contributed by atoms with Gasteiger partial charge in [-0.1, -0.05) is 12.1 Å². The lowest BCUT2D eigenvalue weighted by molar-refractivity contribution is 0.102. The summed E-state index contributed by atoms with van der Waals surface area (Å²) in [6.45, 7) is 1.96. The van der Waals surface area contributed by atoms with Gasteiger partial charge in [-0.15, -0.1) is 0 Å². The highest BCUT2D eigenvalue weighted by Crippen LogP contribution is 2.20. The van der Waals surface area contributed by atoms with Crippen molar-refractivity contribution in [3.05, 3.63) is 47.7 Å². The lowest BCUT2D eigenvalue weighted by Gasteiger charge is -2.11. The molecule has 0 atom stereocenters. The van der Waals surface area contributed by atoms with Crippen LogP contribution >= 0.6 is 0 Å². The number of ketones is 1. The maximum absolute atomic E-state index is 11.6. The number of hydrogen-bond donors (Lipinski definition) is 0. The van der Waals surface area contributed by atoms with Crippen molar-refractivity contribution in [2.75, 3.05) is 0 Å². The molecule has 1 heterocycles. The van der Waals surface area contributed by atoms with Gasteiger partial charge in [-0.3, -0.25) is 9.78 Å². The first kappa shape index (κ1) is 8.17. The molecule has 1 radical (unpaired) electrons. The second-order valence-electron chi connectivity index (χ2n) is 3.18. The Labute approximate surface area is 78.8 Å². The van der Waals surface area contributed by atoms with Crippen molar-refractivity contribution in [3.8, 4) is 0 Å². The molecule has 2 rings (SSSR count). The van der Waals surface area contributed by atoms with Crippen LogP contribution in [0.25, 0.3) is 0 Å². The fraction of sp³-hybridized carbons (Fsp3) is 0.182. The van der Waals surface area contributed by atoms with Crippen LogP contribution in [0.3, 0.4) is 0 Å². The summed E-state index contributed by atoms with van der Waals surface area (Å²) in [5.41, 5.74) is 2.48. The van der Waals surface area contributed by atoms with Crippen molar-refractivity contribution in [2.45, 2.75) is 13.3 Å². The van der Waals surface area contributed by atoms with E-state index in [1.54, 1.807) is 12.3 Å². The maximum atomic E-state index is 11.6. The van der Waals surface area contributed by atoms with Crippen LogP contribution in [0.2, 0.25) is 0 Å². The zero-order valence-corrected chi connectivity index (χ0v) is 7.45. The maximum Gasteiger partial charge on any atom is 0.207 e. The normalized spacial score (nSPS) is 14.7. The number of aryl methyl sites for hydroxylation is 1. The number of Topliss-reactive ketones (excluding diaryl/α,β-unsaturated/α-hetero) is 1. The third-order valence-electron chi connectivity index (χ3n) is 2.09. The smallest absolute Gasteiger partial charge is 0.207 e. The van der Waals surface area contributed by atoms with Crippen molar-refractivity contribution in [3.63, 3.8) is 0 Å². The minimum Gasteiger partial charge on any atom is -0.287 e. The van der Waals surface area contributed by atoms with Crippen LogP contribution in [-0.4, -0.2) is 10.8 Å². The monoisotopic (exact) mass is 174 g/mol. The van der Waals surface area contributed by atoms with Crippen molar-refractivity contribution in [1.29, 1.82) is 0 Å². The van der Waals surface area contributed by atoms with Gasteiger partial charge in [0.15, 0.2) is 0 Å². The Kier molecular flexibility index (Phi) is 1.97. The van der Waals surface area contributed by atoms with E-state index in [2.05, 4.69) is 4.98 Å². The molecule has 2 nitrogen and oxygen atoms in total. The van der Waals surface area contributed by atoms with Crippen molar-refractivity contribution < 1.29 is 6.22 Å². The minimum absolute atomic E-state index is 0. The van der Waals surface area contributed by atoms with Gasteiger partial charge in [-0.25, -0.2) is 0 Å². The molecule has 1 aromatic rings. The summed E-state index contributed by atoms with van der Waals surface area (Å²) in [5.74, 6) is 0.0579. The van der Waals surface area contributed by atoms with Crippen LogP contribution in [0.4, 0.5) is 0 Å². The zero-order chi connectivity index (χ0) is 9.26. The quantitative estimate of drug-likeness (QED) is 0.644. The standard InChI is InChI=1S/C11H10NO.H2/c1-8-5-6-10(12-7-8)11(13)9-3-2-4-9;/h2-3,5-7H,4H2,1H3;1H. The van der Waals surface area contributed by atoms with Crippen LogP contribution in [0.15, 0.2) is 30.0 Å². The second-order valence-corrected chi connectivity index (χ2v) is 3.18. The number of hydrogen-bond acceptors (Lipinski definition) is 2. The third kappa shape index (κ3) is 1.52. The first-order chi connectivity index (χ1) is 6.27. The molecular weight excluding hydrogens is 162 g/mol. The summed E-state index contributed by atoms with van der Waals surface area (Å²) < 4.78 is 0. The van der Waals surface area contributed by atoms with E-state index in [0.717, 1.165) is 17.6 Å². The summed E-state index contributed by atoms with van der Waals surface area (Å²) in [5, 5.41) is 0. The van der Waals surface area contributed by atoms with E-state index in [1.807, 2.05) is 25.5 Å². The molecule has 2 heteroatoms. The van der Waals surface area contributed by atoms with Crippen molar-refractivity contribution in [1.82, 2.24) is 4.98 Å². The molecule has 0 aromatic carbocycles. The number of carbonyl (C=O) groups is 1. The summed E-state index contributed by atoms with van der Waals surface area (Å²) in [6, 6.07) is 3.68. The molecule has 13 heavy (non-hydrogen) atoms. The summed E-state index contributed by atoms with van der Waals surface area (Å²) in [6.07, 6.45) is 6.33. The van der Waals surface area contributed by atoms with E-state index in [9.17, 15) is 4.79 Å².